The van der Waals surface area contributed by atoms with Crippen LogP contribution in [0.1, 0.15) is 49.3 Å². The number of fused-ring (bicyclic) bond motifs is 1. The van der Waals surface area contributed by atoms with Gasteiger partial charge in [0.1, 0.15) is 5.70 Å². The molecule has 3 heterocycles. The van der Waals surface area contributed by atoms with Crippen molar-refractivity contribution in [2.24, 2.45) is 10.7 Å². The van der Waals surface area contributed by atoms with Crippen molar-refractivity contribution < 1.29 is 22.7 Å². The van der Waals surface area contributed by atoms with E-state index < -0.39 is 11.7 Å². The number of benzene rings is 1. The van der Waals surface area contributed by atoms with E-state index in [1.165, 1.54) is 6.07 Å². The Bertz CT molecular complexity index is 1050. The molecule has 2 saturated heterocycles. The van der Waals surface area contributed by atoms with E-state index in [4.69, 9.17) is 10.5 Å². The number of piperidine rings is 1. The van der Waals surface area contributed by atoms with Crippen LogP contribution in [-0.2, 0) is 28.7 Å². The zero-order valence-electron chi connectivity index (χ0n) is 21.3. The molecule has 0 unspecified atom stereocenters. The molecule has 0 aromatic heterocycles. The zero-order chi connectivity index (χ0) is 26.6. The normalized spacial score (nSPS) is 20.6. The van der Waals surface area contributed by atoms with Crippen molar-refractivity contribution in [3.63, 3.8) is 0 Å². The Kier molecular flexibility index (Phi) is 8.59. The number of alkyl halides is 3. The van der Waals surface area contributed by atoms with E-state index >= 15 is 0 Å². The summed E-state index contributed by atoms with van der Waals surface area (Å²) >= 11 is 0. The molecule has 3 aliphatic heterocycles. The summed E-state index contributed by atoms with van der Waals surface area (Å²) < 4.78 is 45.1. The molecule has 3 aliphatic rings. The molecule has 0 atom stereocenters. The molecule has 7 nitrogen and oxygen atoms in total. The van der Waals surface area contributed by atoms with Crippen molar-refractivity contribution in [2.45, 2.75) is 63.8 Å². The molecule has 10 heteroatoms. The number of ether oxygens (including phenoxy) is 1. The van der Waals surface area contributed by atoms with Crippen molar-refractivity contribution in [1.29, 1.82) is 0 Å². The average Bonchev–Trinajstić information content (AvgIpc) is 2.90. The Morgan fingerprint density at radius 2 is 1.78 bits per heavy atom. The molecule has 1 amide bonds. The second kappa shape index (κ2) is 11.7. The van der Waals surface area contributed by atoms with Crippen LogP contribution in [0.15, 0.2) is 46.7 Å². The fourth-order valence-electron chi connectivity index (χ4n) is 5.32. The molecule has 0 spiro atoms. The lowest BCUT2D eigenvalue weighted by atomic mass is 9.96. The van der Waals surface area contributed by atoms with Crippen LogP contribution in [0.5, 0.6) is 0 Å². The molecule has 0 radical (unpaired) electrons. The molecule has 37 heavy (non-hydrogen) atoms. The van der Waals surface area contributed by atoms with Gasteiger partial charge in [0.15, 0.2) is 0 Å². The first kappa shape index (κ1) is 27.2. The second-order valence-electron chi connectivity index (χ2n) is 9.97. The van der Waals surface area contributed by atoms with E-state index in [1.807, 2.05) is 4.90 Å². The molecule has 0 bridgehead atoms. The monoisotopic (exact) mass is 519 g/mol. The SMILES string of the molecule is C=C(/C(C)=C(\N=CN)C(=O)N1CCC(NC2CCOCC2)CC1)N1CCc2ccc(C(F)(F)F)cc2C1. The summed E-state index contributed by atoms with van der Waals surface area (Å²) in [4.78, 5) is 21.3. The van der Waals surface area contributed by atoms with Gasteiger partial charge in [-0.05, 0) is 62.3 Å². The molecule has 1 aromatic carbocycles. The van der Waals surface area contributed by atoms with Gasteiger partial charge in [-0.3, -0.25) is 4.79 Å². The number of nitrogens with two attached hydrogens (primary N) is 1. The third-order valence-corrected chi connectivity index (χ3v) is 7.60. The van der Waals surface area contributed by atoms with E-state index in [0.717, 1.165) is 56.9 Å². The quantitative estimate of drug-likeness (QED) is 0.260. The smallest absolute Gasteiger partial charge is 0.390 e. The Labute approximate surface area is 216 Å². The van der Waals surface area contributed by atoms with Crippen molar-refractivity contribution in [2.75, 3.05) is 32.8 Å². The largest absolute Gasteiger partial charge is 0.416 e. The Hall–Kier alpha value is -2.85. The Morgan fingerprint density at radius 3 is 2.43 bits per heavy atom. The highest BCUT2D eigenvalue weighted by molar-refractivity contribution is 5.95. The van der Waals surface area contributed by atoms with Gasteiger partial charge in [-0.15, -0.1) is 0 Å². The topological polar surface area (TPSA) is 83.2 Å². The van der Waals surface area contributed by atoms with Gasteiger partial charge >= 0.3 is 6.18 Å². The van der Waals surface area contributed by atoms with Crippen LogP contribution in [0.25, 0.3) is 0 Å². The number of carbonyl (C=O) groups is 1. The zero-order valence-corrected chi connectivity index (χ0v) is 21.3. The number of carbonyl (C=O) groups excluding carboxylic acids is 1. The predicted molar refractivity (Wildman–Crippen MR) is 137 cm³/mol. The summed E-state index contributed by atoms with van der Waals surface area (Å²) in [5.41, 5.74) is 7.80. The minimum absolute atomic E-state index is 0.207. The van der Waals surface area contributed by atoms with E-state index in [1.54, 1.807) is 17.9 Å². The van der Waals surface area contributed by atoms with Gasteiger partial charge in [-0.1, -0.05) is 12.6 Å². The summed E-state index contributed by atoms with van der Waals surface area (Å²) in [5.74, 6) is -0.207. The summed E-state index contributed by atoms with van der Waals surface area (Å²) in [6.07, 6.45) is 1.03. The molecule has 202 valence electrons. The minimum atomic E-state index is -4.40. The van der Waals surface area contributed by atoms with E-state index in [2.05, 4.69) is 16.9 Å². The van der Waals surface area contributed by atoms with Crippen LogP contribution < -0.4 is 11.1 Å². The Balaban J connectivity index is 1.42. The average molecular weight is 520 g/mol. The third kappa shape index (κ3) is 6.54. The summed E-state index contributed by atoms with van der Waals surface area (Å²) in [6, 6.07) is 4.71. The molecular weight excluding hydrogens is 483 g/mol. The van der Waals surface area contributed by atoms with E-state index in [-0.39, 0.29) is 18.1 Å². The van der Waals surface area contributed by atoms with Gasteiger partial charge in [0.25, 0.3) is 5.91 Å². The maximum atomic E-state index is 13.4. The number of hydrogen-bond acceptors (Lipinski definition) is 5. The van der Waals surface area contributed by atoms with Gasteiger partial charge in [0.05, 0.1) is 11.9 Å². The standard InChI is InChI=1S/C27H36F3N5O2/c1-18(19(2)35-10-5-20-3-4-22(27(28,29)30)15-21(20)16-35)25(32-17-31)26(36)34-11-6-23(7-12-34)33-24-8-13-37-14-9-24/h3-4,15,17,23-24,33H,2,5-14,16H2,1H3,(H2,31,32)/b25-18-. The number of nitrogens with zero attached hydrogens (tertiary/aromatic N) is 3. The number of rotatable bonds is 6. The first-order chi connectivity index (χ1) is 17.7. The highest BCUT2D eigenvalue weighted by Gasteiger charge is 2.32. The lowest BCUT2D eigenvalue weighted by Crippen LogP contribution is -2.49. The number of halogens is 3. The second-order valence-corrected chi connectivity index (χ2v) is 9.97. The van der Waals surface area contributed by atoms with Crippen molar-refractivity contribution in [3.8, 4) is 0 Å². The van der Waals surface area contributed by atoms with Crippen LogP contribution in [0.3, 0.4) is 0 Å². The molecule has 0 aliphatic carbocycles. The molecular formula is C27H36F3N5O2. The highest BCUT2D eigenvalue weighted by atomic mass is 19.4. The third-order valence-electron chi connectivity index (χ3n) is 7.60. The minimum Gasteiger partial charge on any atom is -0.390 e. The van der Waals surface area contributed by atoms with Crippen LogP contribution in [-0.4, -0.2) is 67.0 Å². The summed E-state index contributed by atoms with van der Waals surface area (Å²) in [7, 11) is 0. The summed E-state index contributed by atoms with van der Waals surface area (Å²) in [6.45, 7) is 9.61. The van der Waals surface area contributed by atoms with Crippen LogP contribution >= 0.6 is 0 Å². The fraction of sp³-hybridized carbons (Fsp3) is 0.556. The van der Waals surface area contributed by atoms with Crippen LogP contribution in [0.4, 0.5) is 13.2 Å². The van der Waals surface area contributed by atoms with Gasteiger partial charge in [-0.25, -0.2) is 4.99 Å². The first-order valence-electron chi connectivity index (χ1n) is 12.9. The Morgan fingerprint density at radius 1 is 1.11 bits per heavy atom. The number of hydrogen-bond donors (Lipinski definition) is 2. The molecule has 1 aromatic rings. The number of amides is 1. The fourth-order valence-corrected chi connectivity index (χ4v) is 5.32. The summed E-state index contributed by atoms with van der Waals surface area (Å²) in [5, 5.41) is 3.71. The van der Waals surface area contributed by atoms with Crippen LogP contribution in [0, 0.1) is 0 Å². The van der Waals surface area contributed by atoms with Crippen molar-refractivity contribution in [3.05, 3.63) is 58.4 Å². The van der Waals surface area contributed by atoms with Gasteiger partial charge in [0, 0.05) is 62.7 Å². The van der Waals surface area contributed by atoms with E-state index in [0.29, 0.717) is 55.0 Å². The molecule has 3 N–H and O–H groups in total. The first-order valence-corrected chi connectivity index (χ1v) is 12.9. The highest BCUT2D eigenvalue weighted by Crippen LogP contribution is 2.33. The van der Waals surface area contributed by atoms with Gasteiger partial charge < -0.3 is 25.6 Å². The lowest BCUT2D eigenvalue weighted by Gasteiger charge is -2.36. The van der Waals surface area contributed by atoms with Crippen LogP contribution in [0.2, 0.25) is 0 Å². The number of nitrogens with one attached hydrogen (secondary N) is 1. The number of aliphatic imine (C=N–C) groups is 1. The lowest BCUT2D eigenvalue weighted by molar-refractivity contribution is -0.137. The predicted octanol–water partition coefficient (Wildman–Crippen LogP) is 3.60. The number of likely N-dealkylation sites (tertiary alicyclic amines) is 1. The maximum Gasteiger partial charge on any atom is 0.416 e. The molecule has 4 rings (SSSR count). The van der Waals surface area contributed by atoms with E-state index in [9.17, 15) is 18.0 Å². The molecule has 0 saturated carbocycles. The van der Waals surface area contributed by atoms with Crippen molar-refractivity contribution in [1.82, 2.24) is 15.1 Å². The molecule has 2 fully saturated rings. The van der Waals surface area contributed by atoms with Gasteiger partial charge in [0.2, 0.25) is 0 Å². The van der Waals surface area contributed by atoms with Gasteiger partial charge in [-0.2, -0.15) is 13.2 Å². The van der Waals surface area contributed by atoms with Crippen molar-refractivity contribution >= 4 is 12.2 Å². The maximum absolute atomic E-state index is 13.4. The number of allylic oxidation sites excluding steroid dienone is 1.